The first-order valence-electron chi connectivity index (χ1n) is 10.0. The van der Waals surface area contributed by atoms with Gasteiger partial charge in [-0.25, -0.2) is 5.48 Å². The molecule has 2 heterocycles. The number of aromatic nitrogens is 3. The van der Waals surface area contributed by atoms with E-state index in [-0.39, 0.29) is 5.91 Å². The van der Waals surface area contributed by atoms with Crippen molar-refractivity contribution in [3.05, 3.63) is 83.8 Å². The lowest BCUT2D eigenvalue weighted by molar-refractivity contribution is 0.0312. The van der Waals surface area contributed by atoms with E-state index in [0.717, 1.165) is 38.5 Å². The summed E-state index contributed by atoms with van der Waals surface area (Å²) in [5, 5.41) is 8.53. The first kappa shape index (κ1) is 20.8. The van der Waals surface area contributed by atoms with Gasteiger partial charge in [-0.3, -0.25) is 19.7 Å². The van der Waals surface area contributed by atoms with E-state index in [9.17, 15) is 4.79 Å². The van der Waals surface area contributed by atoms with Crippen LogP contribution >= 0.6 is 11.8 Å². The molecule has 0 aliphatic rings. The van der Waals surface area contributed by atoms with Crippen molar-refractivity contribution in [2.75, 3.05) is 6.61 Å². The van der Waals surface area contributed by atoms with Crippen molar-refractivity contribution in [2.45, 2.75) is 23.1 Å². The van der Waals surface area contributed by atoms with Crippen LogP contribution in [0.3, 0.4) is 0 Å². The van der Waals surface area contributed by atoms with E-state index in [1.54, 1.807) is 12.3 Å². The normalized spacial score (nSPS) is 11.3. The average Bonchev–Trinajstić information content (AvgIpc) is 3.21. The number of nitrogens with one attached hydrogen (secondary N) is 2. The average molecular weight is 431 g/mol. The summed E-state index contributed by atoms with van der Waals surface area (Å²) >= 11 is 1.52. The number of pyridine rings is 1. The molecule has 0 bridgehead atoms. The molecule has 0 fully saturated rings. The molecular weight excluding hydrogens is 408 g/mol. The van der Waals surface area contributed by atoms with Crippen molar-refractivity contribution in [3.8, 4) is 0 Å². The van der Waals surface area contributed by atoms with E-state index in [4.69, 9.17) is 4.84 Å². The monoisotopic (exact) mass is 430 g/mol. The van der Waals surface area contributed by atoms with E-state index in [0.29, 0.717) is 12.2 Å². The highest BCUT2D eigenvalue weighted by molar-refractivity contribution is 7.99. The number of aromatic amines is 1. The molecular formula is C24H22N4O2S. The molecule has 0 aliphatic heterocycles. The molecule has 0 aliphatic carbocycles. The second kappa shape index (κ2) is 10.1. The van der Waals surface area contributed by atoms with Gasteiger partial charge in [0.15, 0.2) is 0 Å². The Bertz CT molecular complexity index is 1200. The summed E-state index contributed by atoms with van der Waals surface area (Å²) in [4.78, 5) is 23.8. The maximum absolute atomic E-state index is 12.5. The number of H-pyrrole nitrogens is 1. The van der Waals surface area contributed by atoms with E-state index < -0.39 is 0 Å². The molecule has 2 aromatic heterocycles. The van der Waals surface area contributed by atoms with Crippen molar-refractivity contribution in [2.24, 2.45) is 0 Å². The summed E-state index contributed by atoms with van der Waals surface area (Å²) in [6, 6.07) is 19.4. The van der Waals surface area contributed by atoms with Crippen molar-refractivity contribution in [1.29, 1.82) is 0 Å². The van der Waals surface area contributed by atoms with E-state index in [1.807, 2.05) is 73.7 Å². The Balaban J connectivity index is 1.53. The van der Waals surface area contributed by atoms with Crippen LogP contribution in [0.2, 0.25) is 0 Å². The molecule has 0 atom stereocenters. The number of hydrogen-bond acceptors (Lipinski definition) is 5. The Kier molecular flexibility index (Phi) is 6.76. The summed E-state index contributed by atoms with van der Waals surface area (Å²) in [7, 11) is 0. The minimum atomic E-state index is -0.249. The van der Waals surface area contributed by atoms with Gasteiger partial charge < -0.3 is 0 Å². The number of hydrogen-bond donors (Lipinski definition) is 2. The molecule has 2 aromatic carbocycles. The number of fused-ring (bicyclic) bond motifs is 1. The molecule has 4 rings (SSSR count). The lowest BCUT2D eigenvalue weighted by Crippen LogP contribution is -2.24. The molecule has 2 N–H and O–H groups in total. The molecule has 156 valence electrons. The van der Waals surface area contributed by atoms with Gasteiger partial charge in [0.2, 0.25) is 0 Å². The summed E-state index contributed by atoms with van der Waals surface area (Å²) in [6.07, 6.45) is 6.48. The third kappa shape index (κ3) is 5.20. The summed E-state index contributed by atoms with van der Waals surface area (Å²) in [5.41, 5.74) is 5.74. The van der Waals surface area contributed by atoms with Gasteiger partial charge >= 0.3 is 0 Å². The van der Waals surface area contributed by atoms with Crippen molar-refractivity contribution < 1.29 is 9.63 Å². The molecule has 7 heteroatoms. The molecule has 0 radical (unpaired) electrons. The lowest BCUT2D eigenvalue weighted by atomic mass is 10.2. The predicted molar refractivity (Wildman–Crippen MR) is 124 cm³/mol. The third-order valence-corrected chi connectivity index (χ3v) is 5.56. The van der Waals surface area contributed by atoms with Crippen LogP contribution in [0.15, 0.2) is 76.7 Å². The zero-order valence-electron chi connectivity index (χ0n) is 17.0. The molecule has 0 saturated heterocycles. The van der Waals surface area contributed by atoms with Crippen LogP contribution in [0.25, 0.3) is 23.1 Å². The second-order valence-electron chi connectivity index (χ2n) is 6.78. The van der Waals surface area contributed by atoms with Crippen molar-refractivity contribution >= 4 is 40.7 Å². The number of carbonyl (C=O) groups excluding carboxylic acids is 1. The van der Waals surface area contributed by atoms with Gasteiger partial charge in [-0.1, -0.05) is 36.9 Å². The number of rotatable bonds is 8. The fraction of sp³-hybridized carbons (Fsp3) is 0.125. The first-order valence-corrected chi connectivity index (χ1v) is 10.8. The topological polar surface area (TPSA) is 79.9 Å². The number of nitrogens with zero attached hydrogens (tertiary/aromatic N) is 2. The number of carbonyl (C=O) groups is 1. The van der Waals surface area contributed by atoms with Gasteiger partial charge in [-0.05, 0) is 61.0 Å². The van der Waals surface area contributed by atoms with Gasteiger partial charge in [-0.15, -0.1) is 0 Å². The number of amides is 1. The highest BCUT2D eigenvalue weighted by atomic mass is 32.2. The van der Waals surface area contributed by atoms with Gasteiger partial charge in [0, 0.05) is 21.4 Å². The predicted octanol–water partition coefficient (Wildman–Crippen LogP) is 5.35. The first-order chi connectivity index (χ1) is 15.2. The molecule has 6 nitrogen and oxygen atoms in total. The maximum Gasteiger partial charge on any atom is 0.275 e. The van der Waals surface area contributed by atoms with E-state index in [2.05, 4.69) is 20.7 Å². The van der Waals surface area contributed by atoms with Crippen LogP contribution in [0.4, 0.5) is 0 Å². The van der Waals surface area contributed by atoms with Crippen LogP contribution in [-0.2, 0) is 4.84 Å². The van der Waals surface area contributed by atoms with Gasteiger partial charge in [-0.2, -0.15) is 5.10 Å². The minimum Gasteiger partial charge on any atom is -0.277 e. The Morgan fingerprint density at radius 2 is 2.00 bits per heavy atom. The molecule has 0 saturated carbocycles. The SMILES string of the molecule is CCCONC(=O)c1ccccc1Sc1ccc2c(C=Cc3ccccn3)n[nH]c2c1. The maximum atomic E-state index is 12.5. The highest BCUT2D eigenvalue weighted by Gasteiger charge is 2.13. The number of hydroxylamine groups is 1. The van der Waals surface area contributed by atoms with Crippen LogP contribution in [0.5, 0.6) is 0 Å². The van der Waals surface area contributed by atoms with Gasteiger partial charge in [0.25, 0.3) is 5.91 Å². The largest absolute Gasteiger partial charge is 0.277 e. The third-order valence-electron chi connectivity index (χ3n) is 4.49. The van der Waals surface area contributed by atoms with Crippen LogP contribution in [-0.4, -0.2) is 27.7 Å². The van der Waals surface area contributed by atoms with Crippen LogP contribution in [0.1, 0.15) is 35.1 Å². The summed E-state index contributed by atoms with van der Waals surface area (Å²) < 4.78 is 0. The molecule has 0 spiro atoms. The Morgan fingerprint density at radius 1 is 1.13 bits per heavy atom. The van der Waals surface area contributed by atoms with Crippen LogP contribution in [0, 0.1) is 0 Å². The Labute approximate surface area is 184 Å². The lowest BCUT2D eigenvalue weighted by Gasteiger charge is -2.09. The van der Waals surface area contributed by atoms with Gasteiger partial charge in [0.05, 0.1) is 29.1 Å². The second-order valence-corrected chi connectivity index (χ2v) is 7.90. The van der Waals surface area contributed by atoms with E-state index >= 15 is 0 Å². The van der Waals surface area contributed by atoms with Gasteiger partial charge in [0.1, 0.15) is 0 Å². The Hall–Kier alpha value is -3.42. The number of benzene rings is 2. The molecule has 1 amide bonds. The quantitative estimate of drug-likeness (QED) is 0.291. The van der Waals surface area contributed by atoms with Crippen LogP contribution < -0.4 is 5.48 Å². The summed E-state index contributed by atoms with van der Waals surface area (Å²) in [6.45, 7) is 2.47. The Morgan fingerprint density at radius 3 is 2.84 bits per heavy atom. The zero-order valence-corrected chi connectivity index (χ0v) is 17.9. The standard InChI is InChI=1S/C24H22N4O2S/c1-2-15-30-28-24(29)20-8-3-4-9-23(20)31-18-11-12-19-21(26-27-22(19)16-18)13-10-17-7-5-6-14-25-17/h3-14,16H,2,15H2,1H3,(H,26,27)(H,28,29). The molecule has 4 aromatic rings. The smallest absolute Gasteiger partial charge is 0.275 e. The fourth-order valence-electron chi connectivity index (χ4n) is 2.99. The summed E-state index contributed by atoms with van der Waals surface area (Å²) in [5.74, 6) is -0.249. The van der Waals surface area contributed by atoms with Crippen molar-refractivity contribution in [1.82, 2.24) is 20.7 Å². The highest BCUT2D eigenvalue weighted by Crippen LogP contribution is 2.32. The van der Waals surface area contributed by atoms with E-state index in [1.165, 1.54) is 11.8 Å². The minimum absolute atomic E-state index is 0.249. The van der Waals surface area contributed by atoms with Crippen molar-refractivity contribution in [3.63, 3.8) is 0 Å². The zero-order chi connectivity index (χ0) is 21.5. The molecule has 0 unspecified atom stereocenters. The molecule has 31 heavy (non-hydrogen) atoms. The fourth-order valence-corrected chi connectivity index (χ4v) is 3.98.